The third-order valence-electron chi connectivity index (χ3n) is 5.24. The van der Waals surface area contributed by atoms with Crippen LogP contribution in [-0.4, -0.2) is 28.5 Å². The molecule has 1 fully saturated rings. The lowest BCUT2D eigenvalue weighted by Gasteiger charge is -2.31. The van der Waals surface area contributed by atoms with E-state index in [0.717, 1.165) is 41.5 Å². The average Bonchev–Trinajstić information content (AvgIpc) is 2.86. The van der Waals surface area contributed by atoms with E-state index in [9.17, 15) is 4.79 Å². The smallest absolute Gasteiger partial charge is 0.270 e. The highest BCUT2D eigenvalue weighted by atomic mass is 35.5. The van der Waals surface area contributed by atoms with Gasteiger partial charge < -0.3 is 9.47 Å². The number of amides is 1. The Labute approximate surface area is 143 Å². The van der Waals surface area contributed by atoms with Crippen molar-refractivity contribution >= 4 is 28.4 Å². The first-order chi connectivity index (χ1) is 11.0. The molecule has 3 nitrogen and oxygen atoms in total. The highest BCUT2D eigenvalue weighted by molar-refractivity contribution is 6.31. The van der Waals surface area contributed by atoms with Gasteiger partial charge in [0.1, 0.15) is 5.69 Å². The summed E-state index contributed by atoms with van der Waals surface area (Å²) in [6.45, 7) is 4.91. The van der Waals surface area contributed by atoms with Crippen molar-refractivity contribution in [1.29, 1.82) is 0 Å². The zero-order valence-corrected chi connectivity index (χ0v) is 15.0. The first-order valence-electron chi connectivity index (χ1n) is 8.60. The van der Waals surface area contributed by atoms with E-state index in [0.29, 0.717) is 11.1 Å². The first kappa shape index (κ1) is 16.4. The van der Waals surface area contributed by atoms with Gasteiger partial charge in [0.2, 0.25) is 0 Å². The zero-order chi connectivity index (χ0) is 16.6. The number of aryl methyl sites for hydroxylation is 2. The number of rotatable bonds is 3. The van der Waals surface area contributed by atoms with Crippen LogP contribution in [0.2, 0.25) is 5.02 Å². The maximum Gasteiger partial charge on any atom is 0.270 e. The summed E-state index contributed by atoms with van der Waals surface area (Å²) in [5.74, 6) is 0.142. The van der Waals surface area contributed by atoms with E-state index in [1.54, 1.807) is 0 Å². The third kappa shape index (κ3) is 2.87. The largest absolute Gasteiger partial charge is 0.337 e. The standard InChI is InChI=1S/C19H25ClN2O/c1-4-22-17-11-10-14(20)12-16(17)13(2)18(22)19(23)21(3)15-8-6-5-7-9-15/h10-12,15H,4-9H2,1-3H3. The normalized spacial score (nSPS) is 16.0. The van der Waals surface area contributed by atoms with Gasteiger partial charge in [-0.25, -0.2) is 0 Å². The monoisotopic (exact) mass is 332 g/mol. The van der Waals surface area contributed by atoms with Gasteiger partial charge >= 0.3 is 0 Å². The van der Waals surface area contributed by atoms with Gasteiger partial charge in [-0.05, 0) is 50.5 Å². The highest BCUT2D eigenvalue weighted by Crippen LogP contribution is 2.30. The van der Waals surface area contributed by atoms with Crippen molar-refractivity contribution in [2.45, 2.75) is 58.5 Å². The van der Waals surface area contributed by atoms with Crippen molar-refractivity contribution < 1.29 is 4.79 Å². The highest BCUT2D eigenvalue weighted by Gasteiger charge is 2.27. The number of hydrogen-bond donors (Lipinski definition) is 0. The molecule has 23 heavy (non-hydrogen) atoms. The summed E-state index contributed by atoms with van der Waals surface area (Å²) in [6, 6.07) is 6.26. The Morgan fingerprint density at radius 2 is 2.00 bits per heavy atom. The van der Waals surface area contributed by atoms with E-state index in [1.807, 2.05) is 37.1 Å². The Bertz CT molecular complexity index is 729. The van der Waals surface area contributed by atoms with Crippen LogP contribution in [-0.2, 0) is 6.54 Å². The average molecular weight is 333 g/mol. The Morgan fingerprint density at radius 3 is 2.65 bits per heavy atom. The quantitative estimate of drug-likeness (QED) is 0.774. The number of carbonyl (C=O) groups excluding carboxylic acids is 1. The number of aromatic nitrogens is 1. The summed E-state index contributed by atoms with van der Waals surface area (Å²) in [6.07, 6.45) is 6.01. The van der Waals surface area contributed by atoms with Crippen molar-refractivity contribution in [1.82, 2.24) is 9.47 Å². The summed E-state index contributed by atoms with van der Waals surface area (Å²) in [4.78, 5) is 15.1. The number of fused-ring (bicyclic) bond motifs is 1. The minimum atomic E-state index is 0.142. The predicted octanol–water partition coefficient (Wildman–Crippen LogP) is 5.03. The summed E-state index contributed by atoms with van der Waals surface area (Å²) in [5, 5.41) is 1.80. The van der Waals surface area contributed by atoms with Gasteiger partial charge in [0.05, 0.1) is 0 Å². The van der Waals surface area contributed by atoms with Crippen LogP contribution in [0.5, 0.6) is 0 Å². The van der Waals surface area contributed by atoms with Crippen LogP contribution in [0, 0.1) is 6.92 Å². The molecule has 0 saturated heterocycles. The fourth-order valence-electron chi connectivity index (χ4n) is 3.90. The van der Waals surface area contributed by atoms with E-state index in [-0.39, 0.29) is 5.91 Å². The van der Waals surface area contributed by atoms with Crippen LogP contribution >= 0.6 is 11.6 Å². The van der Waals surface area contributed by atoms with Gasteiger partial charge in [0, 0.05) is 35.6 Å². The summed E-state index contributed by atoms with van der Waals surface area (Å²) >= 11 is 6.15. The molecule has 0 spiro atoms. The minimum Gasteiger partial charge on any atom is -0.337 e. The molecule has 124 valence electrons. The lowest BCUT2D eigenvalue weighted by Crippen LogP contribution is -2.39. The minimum absolute atomic E-state index is 0.142. The molecule has 3 rings (SSSR count). The second-order valence-corrected chi connectivity index (χ2v) is 7.02. The number of benzene rings is 1. The summed E-state index contributed by atoms with van der Waals surface area (Å²) < 4.78 is 2.13. The molecular weight excluding hydrogens is 308 g/mol. The molecule has 1 aromatic carbocycles. The maximum absolute atomic E-state index is 13.2. The SMILES string of the molecule is CCn1c(C(=O)N(C)C2CCCCC2)c(C)c2cc(Cl)ccc21. The molecule has 1 aliphatic rings. The second-order valence-electron chi connectivity index (χ2n) is 6.59. The molecular formula is C19H25ClN2O. The number of hydrogen-bond acceptors (Lipinski definition) is 1. The van der Waals surface area contributed by atoms with Crippen LogP contribution in [0.25, 0.3) is 10.9 Å². The number of halogens is 1. The van der Waals surface area contributed by atoms with Crippen LogP contribution < -0.4 is 0 Å². The summed E-state index contributed by atoms with van der Waals surface area (Å²) in [5.41, 5.74) is 2.95. The number of nitrogens with zero attached hydrogens (tertiary/aromatic N) is 2. The van der Waals surface area contributed by atoms with Gasteiger partial charge in [0.15, 0.2) is 0 Å². The maximum atomic E-state index is 13.2. The summed E-state index contributed by atoms with van der Waals surface area (Å²) in [7, 11) is 1.96. The third-order valence-corrected chi connectivity index (χ3v) is 5.48. The van der Waals surface area contributed by atoms with Gasteiger partial charge in [-0.15, -0.1) is 0 Å². The Morgan fingerprint density at radius 1 is 1.30 bits per heavy atom. The fraction of sp³-hybridized carbons (Fsp3) is 0.526. The van der Waals surface area contributed by atoms with Crippen molar-refractivity contribution in [3.63, 3.8) is 0 Å². The van der Waals surface area contributed by atoms with Crippen LogP contribution in [0.3, 0.4) is 0 Å². The van der Waals surface area contributed by atoms with E-state index in [4.69, 9.17) is 11.6 Å². The van der Waals surface area contributed by atoms with E-state index >= 15 is 0 Å². The Balaban J connectivity index is 2.04. The molecule has 0 N–H and O–H groups in total. The fourth-order valence-corrected chi connectivity index (χ4v) is 4.07. The Hall–Kier alpha value is -1.48. The zero-order valence-electron chi connectivity index (χ0n) is 14.2. The molecule has 0 unspecified atom stereocenters. The topological polar surface area (TPSA) is 25.2 Å². The molecule has 2 aromatic rings. The molecule has 0 radical (unpaired) electrons. The van der Waals surface area contributed by atoms with Crippen LogP contribution in [0.1, 0.15) is 55.1 Å². The molecule has 0 aliphatic heterocycles. The van der Waals surface area contributed by atoms with E-state index < -0.39 is 0 Å². The molecule has 4 heteroatoms. The van der Waals surface area contributed by atoms with Crippen molar-refractivity contribution in [2.75, 3.05) is 7.05 Å². The van der Waals surface area contributed by atoms with Crippen molar-refractivity contribution in [3.8, 4) is 0 Å². The van der Waals surface area contributed by atoms with E-state index in [1.165, 1.54) is 19.3 Å². The molecule has 1 amide bonds. The number of carbonyl (C=O) groups is 1. The van der Waals surface area contributed by atoms with Gasteiger partial charge in [-0.1, -0.05) is 30.9 Å². The van der Waals surface area contributed by atoms with Crippen molar-refractivity contribution in [3.05, 3.63) is 34.5 Å². The first-order valence-corrected chi connectivity index (χ1v) is 8.98. The van der Waals surface area contributed by atoms with Gasteiger partial charge in [-0.2, -0.15) is 0 Å². The molecule has 1 aromatic heterocycles. The molecule has 1 aliphatic carbocycles. The van der Waals surface area contributed by atoms with Gasteiger partial charge in [-0.3, -0.25) is 4.79 Å². The molecule has 0 bridgehead atoms. The van der Waals surface area contributed by atoms with Crippen LogP contribution in [0.15, 0.2) is 18.2 Å². The second kappa shape index (κ2) is 6.56. The molecule has 1 heterocycles. The molecule has 0 atom stereocenters. The molecule has 1 saturated carbocycles. The lowest BCUT2D eigenvalue weighted by atomic mass is 9.94. The lowest BCUT2D eigenvalue weighted by molar-refractivity contribution is 0.0685. The van der Waals surface area contributed by atoms with Crippen molar-refractivity contribution in [2.24, 2.45) is 0 Å². The van der Waals surface area contributed by atoms with Crippen LogP contribution in [0.4, 0.5) is 0 Å². The predicted molar refractivity (Wildman–Crippen MR) is 96.3 cm³/mol. The Kier molecular flexibility index (Phi) is 4.67. The van der Waals surface area contributed by atoms with Gasteiger partial charge in [0.25, 0.3) is 5.91 Å². The van der Waals surface area contributed by atoms with E-state index in [2.05, 4.69) is 11.5 Å².